The minimum Gasteiger partial charge on any atom is -0.303 e. The Labute approximate surface area is 69.8 Å². The molecule has 1 nitrogen and oxygen atoms in total. The molecule has 2 saturated heterocycles. The molecule has 2 unspecified atom stereocenters. The molecule has 1 heteroatoms. The summed E-state index contributed by atoms with van der Waals surface area (Å²) in [5.41, 5.74) is 0. The van der Waals surface area contributed by atoms with Crippen LogP contribution in [0.2, 0.25) is 0 Å². The summed E-state index contributed by atoms with van der Waals surface area (Å²) in [7, 11) is 0. The molecule has 2 rings (SSSR count). The molecule has 64 valence electrons. The molecule has 11 heavy (non-hydrogen) atoms. The lowest BCUT2D eigenvalue weighted by molar-refractivity contribution is 0.268. The van der Waals surface area contributed by atoms with Crippen molar-refractivity contribution < 1.29 is 0 Å². The Morgan fingerprint density at radius 3 is 2.64 bits per heavy atom. The van der Waals surface area contributed by atoms with E-state index in [2.05, 4.69) is 18.7 Å². The average Bonchev–Trinajstić information content (AvgIpc) is 2.45. The van der Waals surface area contributed by atoms with E-state index in [0.717, 1.165) is 17.8 Å². The summed E-state index contributed by atoms with van der Waals surface area (Å²) in [4.78, 5) is 2.64. The third-order valence-corrected chi connectivity index (χ3v) is 3.24. The van der Waals surface area contributed by atoms with E-state index < -0.39 is 0 Å². The van der Waals surface area contributed by atoms with E-state index in [1.165, 1.54) is 32.5 Å². The minimum atomic E-state index is 0.903. The lowest BCUT2D eigenvalue weighted by atomic mass is 9.86. The van der Waals surface area contributed by atoms with Gasteiger partial charge in [0, 0.05) is 13.1 Å². The molecule has 0 aromatic carbocycles. The van der Waals surface area contributed by atoms with Gasteiger partial charge in [0.15, 0.2) is 0 Å². The smallest absolute Gasteiger partial charge is 0.00134 e. The summed E-state index contributed by atoms with van der Waals surface area (Å²) < 4.78 is 0. The summed E-state index contributed by atoms with van der Waals surface area (Å²) in [6.45, 7) is 8.90. The first-order valence-electron chi connectivity index (χ1n) is 4.98. The Morgan fingerprint density at radius 2 is 2.18 bits per heavy atom. The molecule has 0 radical (unpaired) electrons. The fourth-order valence-electron chi connectivity index (χ4n) is 2.77. The third kappa shape index (κ3) is 1.44. The first-order chi connectivity index (χ1) is 5.25. The van der Waals surface area contributed by atoms with E-state index in [4.69, 9.17) is 0 Å². The van der Waals surface area contributed by atoms with Gasteiger partial charge in [-0.25, -0.2) is 0 Å². The van der Waals surface area contributed by atoms with Crippen molar-refractivity contribution >= 4 is 0 Å². The molecule has 0 aromatic heterocycles. The quantitative estimate of drug-likeness (QED) is 0.586. The maximum atomic E-state index is 2.64. The average molecular weight is 153 g/mol. The molecule has 2 aliphatic rings. The lowest BCUT2D eigenvalue weighted by Crippen LogP contribution is -2.24. The van der Waals surface area contributed by atoms with Gasteiger partial charge in [-0.05, 0) is 37.1 Å². The van der Waals surface area contributed by atoms with Gasteiger partial charge in [0.25, 0.3) is 0 Å². The normalized spacial score (nSPS) is 42.3. The van der Waals surface area contributed by atoms with Gasteiger partial charge in [0.2, 0.25) is 0 Å². The Morgan fingerprint density at radius 1 is 1.36 bits per heavy atom. The van der Waals surface area contributed by atoms with E-state index >= 15 is 0 Å². The number of rotatable bonds is 2. The summed E-state index contributed by atoms with van der Waals surface area (Å²) in [6, 6.07) is 0. The van der Waals surface area contributed by atoms with Crippen LogP contribution < -0.4 is 0 Å². The van der Waals surface area contributed by atoms with Crippen molar-refractivity contribution in [1.82, 2.24) is 4.90 Å². The standard InChI is InChI=1S/C10H19N/c1-8(2)5-10-7-11-4-3-9(10)6-11/h8-10H,3-7H2,1-2H3/t9-,10?/m0/s1. The summed E-state index contributed by atoms with van der Waals surface area (Å²) in [5.74, 6) is 3.02. The maximum absolute atomic E-state index is 2.64. The van der Waals surface area contributed by atoms with Crippen LogP contribution in [0.25, 0.3) is 0 Å². The zero-order valence-corrected chi connectivity index (χ0v) is 7.71. The first-order valence-corrected chi connectivity index (χ1v) is 4.98. The van der Waals surface area contributed by atoms with Crippen LogP contribution in [-0.2, 0) is 0 Å². The molecule has 2 bridgehead atoms. The Hall–Kier alpha value is -0.0400. The van der Waals surface area contributed by atoms with Crippen molar-refractivity contribution in [1.29, 1.82) is 0 Å². The molecule has 2 aliphatic heterocycles. The fourth-order valence-corrected chi connectivity index (χ4v) is 2.77. The van der Waals surface area contributed by atoms with Gasteiger partial charge in [0.1, 0.15) is 0 Å². The third-order valence-electron chi connectivity index (χ3n) is 3.24. The molecule has 2 heterocycles. The van der Waals surface area contributed by atoms with Gasteiger partial charge in [-0.3, -0.25) is 0 Å². The zero-order valence-electron chi connectivity index (χ0n) is 7.71. The molecule has 3 atom stereocenters. The van der Waals surface area contributed by atoms with Crippen LogP contribution in [0.5, 0.6) is 0 Å². The second-order valence-electron chi connectivity index (χ2n) is 4.70. The summed E-state index contributed by atoms with van der Waals surface area (Å²) >= 11 is 0. The first kappa shape index (κ1) is 7.60. The van der Waals surface area contributed by atoms with Crippen LogP contribution >= 0.6 is 0 Å². The number of hydrogen-bond acceptors (Lipinski definition) is 1. The van der Waals surface area contributed by atoms with Gasteiger partial charge in [-0.15, -0.1) is 0 Å². The van der Waals surface area contributed by atoms with E-state index in [1.54, 1.807) is 0 Å². The highest BCUT2D eigenvalue weighted by molar-refractivity contribution is 4.90. The summed E-state index contributed by atoms with van der Waals surface area (Å²) in [6.07, 6.45) is 2.94. The Kier molecular flexibility index (Phi) is 1.92. The fraction of sp³-hybridized carbons (Fsp3) is 1.00. The second kappa shape index (κ2) is 2.78. The van der Waals surface area contributed by atoms with Gasteiger partial charge in [0.05, 0.1) is 0 Å². The van der Waals surface area contributed by atoms with E-state index in [9.17, 15) is 0 Å². The summed E-state index contributed by atoms with van der Waals surface area (Å²) in [5, 5.41) is 0. The highest BCUT2D eigenvalue weighted by Gasteiger charge is 2.37. The topological polar surface area (TPSA) is 3.24 Å². The number of nitrogens with zero attached hydrogens (tertiary/aromatic N) is 1. The van der Waals surface area contributed by atoms with Gasteiger partial charge in [-0.2, -0.15) is 0 Å². The Balaban J connectivity index is 1.87. The molecule has 0 aliphatic carbocycles. The van der Waals surface area contributed by atoms with E-state index in [0.29, 0.717) is 0 Å². The molecule has 0 saturated carbocycles. The molecular formula is C10H19N. The largest absolute Gasteiger partial charge is 0.303 e. The van der Waals surface area contributed by atoms with Crippen molar-refractivity contribution in [2.75, 3.05) is 19.6 Å². The molecule has 0 aromatic rings. The van der Waals surface area contributed by atoms with Crippen molar-refractivity contribution in [2.45, 2.75) is 26.7 Å². The number of hydrogen-bond donors (Lipinski definition) is 0. The maximum Gasteiger partial charge on any atom is 0.00134 e. The van der Waals surface area contributed by atoms with Crippen molar-refractivity contribution in [3.63, 3.8) is 0 Å². The second-order valence-corrected chi connectivity index (χ2v) is 4.70. The van der Waals surface area contributed by atoms with E-state index in [1.807, 2.05) is 0 Å². The van der Waals surface area contributed by atoms with Crippen LogP contribution in [0.15, 0.2) is 0 Å². The number of piperidine rings is 1. The highest BCUT2D eigenvalue weighted by Crippen LogP contribution is 2.36. The Bertz CT molecular complexity index is 142. The van der Waals surface area contributed by atoms with Gasteiger partial charge >= 0.3 is 0 Å². The van der Waals surface area contributed by atoms with Crippen LogP contribution in [0.1, 0.15) is 26.7 Å². The van der Waals surface area contributed by atoms with Crippen molar-refractivity contribution in [3.8, 4) is 0 Å². The van der Waals surface area contributed by atoms with Crippen LogP contribution in [-0.4, -0.2) is 24.5 Å². The highest BCUT2D eigenvalue weighted by atomic mass is 15.2. The van der Waals surface area contributed by atoms with Crippen molar-refractivity contribution in [2.24, 2.45) is 17.8 Å². The molecule has 0 amide bonds. The van der Waals surface area contributed by atoms with Gasteiger partial charge < -0.3 is 4.90 Å². The lowest BCUT2D eigenvalue weighted by Gasteiger charge is -2.23. The van der Waals surface area contributed by atoms with E-state index in [-0.39, 0.29) is 0 Å². The van der Waals surface area contributed by atoms with Crippen LogP contribution in [0.4, 0.5) is 0 Å². The minimum absolute atomic E-state index is 0.903. The van der Waals surface area contributed by atoms with Crippen LogP contribution in [0.3, 0.4) is 0 Å². The number of fused-ring (bicyclic) bond motifs is 2. The molecule has 0 N–H and O–H groups in total. The van der Waals surface area contributed by atoms with Crippen molar-refractivity contribution in [3.05, 3.63) is 0 Å². The molecular weight excluding hydrogens is 134 g/mol. The van der Waals surface area contributed by atoms with Crippen LogP contribution in [0, 0.1) is 17.8 Å². The zero-order chi connectivity index (χ0) is 7.84. The predicted octanol–water partition coefficient (Wildman–Crippen LogP) is 1.98. The van der Waals surface area contributed by atoms with Gasteiger partial charge in [-0.1, -0.05) is 13.8 Å². The SMILES string of the molecule is CC(C)CC1CN2CC[C@H]1C2. The molecule has 0 spiro atoms. The molecule has 2 fully saturated rings. The monoisotopic (exact) mass is 153 g/mol. The predicted molar refractivity (Wildman–Crippen MR) is 47.5 cm³/mol.